The summed E-state index contributed by atoms with van der Waals surface area (Å²) in [7, 11) is -1.13. The Labute approximate surface area is 142 Å². The van der Waals surface area contributed by atoms with Crippen molar-refractivity contribution in [2.75, 3.05) is 20.8 Å². The third-order valence-corrected chi connectivity index (χ3v) is 6.16. The molecule has 1 aromatic rings. The number of ether oxygens (including phenoxy) is 2. The Bertz CT molecular complexity index is 650. The number of hydrogen-bond donors (Lipinski definition) is 1. The lowest BCUT2D eigenvalue weighted by Gasteiger charge is -2.34. The second-order valence-corrected chi connectivity index (χ2v) is 7.65. The quantitative estimate of drug-likeness (QED) is 0.768. The molecular weight excluding hydrogens is 334 g/mol. The number of benzene rings is 1. The monoisotopic (exact) mass is 357 g/mol. The molecular formula is C16H23NO6S. The highest BCUT2D eigenvalue weighted by molar-refractivity contribution is 7.89. The Kier molecular flexibility index (Phi) is 6.20. The molecule has 0 heterocycles. The van der Waals surface area contributed by atoms with Gasteiger partial charge in [-0.15, -0.1) is 0 Å². The van der Waals surface area contributed by atoms with E-state index in [2.05, 4.69) is 4.74 Å². The standard InChI is InChI=1S/C16H23NO6S/c1-22-14-7-9-15(10-8-14)24(20,21)17(11-16(19)23-2)12-3-5-13(18)6-4-12/h7-10,12-13,18H,3-6,11H2,1-2H3. The number of esters is 1. The molecule has 1 aliphatic carbocycles. The van der Waals surface area contributed by atoms with E-state index in [0.29, 0.717) is 31.4 Å². The maximum atomic E-state index is 13.0. The molecule has 0 atom stereocenters. The van der Waals surface area contributed by atoms with Crippen molar-refractivity contribution in [1.29, 1.82) is 0 Å². The Morgan fingerprint density at radius 1 is 1.17 bits per heavy atom. The highest BCUT2D eigenvalue weighted by atomic mass is 32.2. The molecule has 7 nitrogen and oxygen atoms in total. The first-order valence-corrected chi connectivity index (χ1v) is 9.23. The molecule has 0 saturated heterocycles. The number of carbonyl (C=O) groups is 1. The van der Waals surface area contributed by atoms with Crippen molar-refractivity contribution in [2.24, 2.45) is 0 Å². The number of rotatable bonds is 6. The minimum atomic E-state index is -3.85. The summed E-state index contributed by atoms with van der Waals surface area (Å²) >= 11 is 0. The van der Waals surface area contributed by atoms with Crippen LogP contribution in [0, 0.1) is 0 Å². The van der Waals surface area contributed by atoms with E-state index in [9.17, 15) is 18.3 Å². The van der Waals surface area contributed by atoms with E-state index in [1.54, 1.807) is 12.1 Å². The zero-order valence-electron chi connectivity index (χ0n) is 13.8. The predicted octanol–water partition coefficient (Wildman–Crippen LogP) is 1.16. The minimum absolute atomic E-state index is 0.0957. The van der Waals surface area contributed by atoms with Crippen molar-refractivity contribution < 1.29 is 27.8 Å². The van der Waals surface area contributed by atoms with Gasteiger partial charge in [0.25, 0.3) is 0 Å². The van der Waals surface area contributed by atoms with Crippen LogP contribution in [0.1, 0.15) is 25.7 Å². The van der Waals surface area contributed by atoms with Gasteiger partial charge in [0, 0.05) is 6.04 Å². The van der Waals surface area contributed by atoms with Crippen molar-refractivity contribution in [3.05, 3.63) is 24.3 Å². The van der Waals surface area contributed by atoms with E-state index < -0.39 is 22.1 Å². The zero-order chi connectivity index (χ0) is 17.7. The van der Waals surface area contributed by atoms with E-state index in [-0.39, 0.29) is 17.5 Å². The molecule has 0 aliphatic heterocycles. The van der Waals surface area contributed by atoms with Crippen molar-refractivity contribution >= 4 is 16.0 Å². The number of sulfonamides is 1. The molecule has 24 heavy (non-hydrogen) atoms. The first kappa shape index (κ1) is 18.7. The van der Waals surface area contributed by atoms with Gasteiger partial charge >= 0.3 is 5.97 Å². The van der Waals surface area contributed by atoms with Gasteiger partial charge in [-0.2, -0.15) is 4.31 Å². The topological polar surface area (TPSA) is 93.1 Å². The number of aliphatic hydroxyl groups is 1. The highest BCUT2D eigenvalue weighted by Gasteiger charge is 2.35. The van der Waals surface area contributed by atoms with Crippen LogP contribution >= 0.6 is 0 Å². The van der Waals surface area contributed by atoms with Crippen LogP contribution in [0.4, 0.5) is 0 Å². The van der Waals surface area contributed by atoms with Gasteiger partial charge in [-0.25, -0.2) is 8.42 Å². The van der Waals surface area contributed by atoms with E-state index >= 15 is 0 Å². The van der Waals surface area contributed by atoms with Gasteiger partial charge in [0.2, 0.25) is 10.0 Å². The van der Waals surface area contributed by atoms with E-state index in [4.69, 9.17) is 4.74 Å². The molecule has 0 radical (unpaired) electrons. The van der Waals surface area contributed by atoms with E-state index in [0.717, 1.165) is 0 Å². The Balaban J connectivity index is 2.30. The summed E-state index contributed by atoms with van der Waals surface area (Å²) in [5.74, 6) is -0.0625. The molecule has 1 aromatic carbocycles. The summed E-state index contributed by atoms with van der Waals surface area (Å²) in [6.45, 7) is -0.342. The predicted molar refractivity (Wildman–Crippen MR) is 87.2 cm³/mol. The van der Waals surface area contributed by atoms with Gasteiger partial charge in [0.05, 0.1) is 25.2 Å². The van der Waals surface area contributed by atoms with E-state index in [1.165, 1.54) is 30.7 Å². The van der Waals surface area contributed by atoms with Crippen molar-refractivity contribution in [1.82, 2.24) is 4.31 Å². The lowest BCUT2D eigenvalue weighted by molar-refractivity contribution is -0.141. The van der Waals surface area contributed by atoms with Crippen LogP contribution in [0.15, 0.2) is 29.2 Å². The maximum absolute atomic E-state index is 13.0. The zero-order valence-corrected chi connectivity index (χ0v) is 14.7. The maximum Gasteiger partial charge on any atom is 0.321 e. The van der Waals surface area contributed by atoms with Crippen LogP contribution in [0.25, 0.3) is 0 Å². The second-order valence-electron chi connectivity index (χ2n) is 5.76. The van der Waals surface area contributed by atoms with Gasteiger partial charge in [-0.1, -0.05) is 0 Å². The van der Waals surface area contributed by atoms with Crippen LogP contribution in [0.3, 0.4) is 0 Å². The summed E-state index contributed by atoms with van der Waals surface area (Å²) in [5.41, 5.74) is 0. The summed E-state index contributed by atoms with van der Waals surface area (Å²) in [6.07, 6.45) is 1.63. The average molecular weight is 357 g/mol. The van der Waals surface area contributed by atoms with Gasteiger partial charge in [-0.05, 0) is 49.9 Å². The molecule has 1 fully saturated rings. The fourth-order valence-electron chi connectivity index (χ4n) is 2.83. The van der Waals surface area contributed by atoms with Crippen LogP contribution in [0.2, 0.25) is 0 Å². The molecule has 8 heteroatoms. The smallest absolute Gasteiger partial charge is 0.321 e. The molecule has 1 aliphatic rings. The van der Waals surface area contributed by atoms with Gasteiger partial charge < -0.3 is 14.6 Å². The Morgan fingerprint density at radius 3 is 2.25 bits per heavy atom. The minimum Gasteiger partial charge on any atom is -0.497 e. The molecule has 1 saturated carbocycles. The van der Waals surface area contributed by atoms with Crippen LogP contribution in [-0.2, 0) is 19.6 Å². The Hall–Kier alpha value is -1.64. The van der Waals surface area contributed by atoms with Gasteiger partial charge in [0.1, 0.15) is 12.3 Å². The first-order chi connectivity index (χ1) is 11.4. The number of methoxy groups -OCH3 is 2. The van der Waals surface area contributed by atoms with Crippen LogP contribution in [0.5, 0.6) is 5.75 Å². The summed E-state index contributed by atoms with van der Waals surface area (Å²) in [5, 5.41) is 9.64. The van der Waals surface area contributed by atoms with Gasteiger partial charge in [-0.3, -0.25) is 4.79 Å². The lowest BCUT2D eigenvalue weighted by atomic mass is 9.93. The number of hydrogen-bond acceptors (Lipinski definition) is 6. The third-order valence-electron chi connectivity index (χ3n) is 4.25. The second kappa shape index (κ2) is 7.96. The number of carbonyl (C=O) groups excluding carboxylic acids is 1. The largest absolute Gasteiger partial charge is 0.497 e. The fraction of sp³-hybridized carbons (Fsp3) is 0.562. The third kappa shape index (κ3) is 4.25. The SMILES string of the molecule is COC(=O)CN(C1CCC(O)CC1)S(=O)(=O)c1ccc(OC)cc1. The van der Waals surface area contributed by atoms with Crippen molar-refractivity contribution in [3.8, 4) is 5.75 Å². The molecule has 1 N–H and O–H groups in total. The molecule has 2 rings (SSSR count). The van der Waals surface area contributed by atoms with E-state index in [1.807, 2.05) is 0 Å². The molecule has 134 valence electrons. The fourth-order valence-corrected chi connectivity index (χ4v) is 4.46. The van der Waals surface area contributed by atoms with Gasteiger partial charge in [0.15, 0.2) is 0 Å². The van der Waals surface area contributed by atoms with Crippen molar-refractivity contribution in [3.63, 3.8) is 0 Å². The molecule has 0 bridgehead atoms. The summed E-state index contributed by atoms with van der Waals surface area (Å²) in [4.78, 5) is 11.8. The van der Waals surface area contributed by atoms with Crippen LogP contribution < -0.4 is 4.74 Å². The highest BCUT2D eigenvalue weighted by Crippen LogP contribution is 2.28. The number of nitrogens with zero attached hydrogens (tertiary/aromatic N) is 1. The molecule has 0 unspecified atom stereocenters. The molecule has 0 aromatic heterocycles. The lowest BCUT2D eigenvalue weighted by Crippen LogP contribution is -2.45. The average Bonchev–Trinajstić information content (AvgIpc) is 2.60. The Morgan fingerprint density at radius 2 is 1.75 bits per heavy atom. The molecule has 0 amide bonds. The summed E-state index contributed by atoms with van der Waals surface area (Å²) < 4.78 is 36.8. The first-order valence-electron chi connectivity index (χ1n) is 7.79. The summed E-state index contributed by atoms with van der Waals surface area (Å²) in [6, 6.07) is 5.70. The van der Waals surface area contributed by atoms with Crippen LogP contribution in [-0.4, -0.2) is 56.7 Å². The van der Waals surface area contributed by atoms with Crippen molar-refractivity contribution in [2.45, 2.75) is 42.7 Å². The normalized spacial score (nSPS) is 21.5. The number of aliphatic hydroxyl groups excluding tert-OH is 1. The molecule has 0 spiro atoms.